The fourth-order valence-corrected chi connectivity index (χ4v) is 9.05. The zero-order valence-electron chi connectivity index (χ0n) is 27.4. The highest BCUT2D eigenvalue weighted by Gasteiger charge is 2.36. The van der Waals surface area contributed by atoms with Crippen LogP contribution in [0, 0.1) is 0 Å². The highest BCUT2D eigenvalue weighted by atomic mass is 32.2. The number of phenols is 2. The number of rotatable bonds is 8. The molecule has 0 unspecified atom stereocenters. The number of carbonyl (C=O) groups is 2. The number of amides is 2. The van der Waals surface area contributed by atoms with Crippen LogP contribution in [-0.2, 0) is 62.5 Å². The van der Waals surface area contributed by atoms with Gasteiger partial charge in [-0.1, -0.05) is 36.4 Å². The van der Waals surface area contributed by atoms with Gasteiger partial charge in [-0.15, -0.1) is 0 Å². The molecule has 0 spiro atoms. The number of aromatic hydroxyl groups is 2. The molecule has 20 heteroatoms. The van der Waals surface area contributed by atoms with Crippen LogP contribution in [0.15, 0.2) is 94.7 Å². The van der Waals surface area contributed by atoms with Crippen molar-refractivity contribution in [2.45, 2.75) is 22.6 Å². The highest BCUT2D eigenvalue weighted by molar-refractivity contribution is 7.92. The number of nitrogens with zero attached hydrogens (tertiary/aromatic N) is 2. The van der Waals surface area contributed by atoms with Crippen molar-refractivity contribution in [3.05, 3.63) is 107 Å². The number of nitrogens with one attached hydrogen (secondary N) is 2. The van der Waals surface area contributed by atoms with E-state index < -0.39 is 65.0 Å². The van der Waals surface area contributed by atoms with Crippen molar-refractivity contribution in [3.8, 4) is 11.5 Å². The molecule has 276 valence electrons. The maximum atomic E-state index is 11.9. The second kappa shape index (κ2) is 14.1. The molecule has 0 bridgehead atoms. The SMILES string of the molecule is CS(=O)(=O)c1cccc(Cc2ccc(N3CC(=O)NS3(=O)=O)c(O)c2)c1.CS(=O)(=O)c1cccc(Cc2ccc(N3CC(=O)NS3(=O)=O)c(O)c2)c1. The summed E-state index contributed by atoms with van der Waals surface area (Å²) >= 11 is 0. The fourth-order valence-electron chi connectivity index (χ4n) is 5.35. The van der Waals surface area contributed by atoms with Gasteiger partial charge in [0.1, 0.15) is 24.6 Å². The highest BCUT2D eigenvalue weighted by Crippen LogP contribution is 2.33. The molecular formula is C32H32N4O12S4. The van der Waals surface area contributed by atoms with Gasteiger partial charge in [-0.3, -0.25) is 9.59 Å². The van der Waals surface area contributed by atoms with E-state index in [2.05, 4.69) is 0 Å². The number of carbonyl (C=O) groups excluding carboxylic acids is 2. The molecule has 2 fully saturated rings. The van der Waals surface area contributed by atoms with Gasteiger partial charge in [-0.2, -0.15) is 16.8 Å². The summed E-state index contributed by atoms with van der Waals surface area (Å²) in [7, 11) is -14.6. The lowest BCUT2D eigenvalue weighted by molar-refractivity contribution is -0.118. The standard InChI is InChI=1S/2C16H16N2O6S2/c2*1-25(21,22)13-4-2-3-11(8-13)7-12-5-6-14(15(19)9-12)18-10-16(20)17-26(18,23)24/h2*2-6,8-9,19H,7,10H2,1H3,(H,17,20). The minimum Gasteiger partial charge on any atom is -0.506 e. The fraction of sp³-hybridized carbons (Fsp3) is 0.188. The Bertz CT molecular complexity index is 2360. The summed E-state index contributed by atoms with van der Waals surface area (Å²) in [6.45, 7) is -0.794. The first-order valence-corrected chi connectivity index (χ1v) is 21.7. The first-order valence-electron chi connectivity index (χ1n) is 15.0. The van der Waals surface area contributed by atoms with Crippen LogP contribution in [0.2, 0.25) is 0 Å². The van der Waals surface area contributed by atoms with Crippen LogP contribution in [0.4, 0.5) is 11.4 Å². The number of hydrogen-bond acceptors (Lipinski definition) is 12. The van der Waals surface area contributed by atoms with Crippen LogP contribution in [0.25, 0.3) is 0 Å². The Morgan fingerprint density at radius 1 is 0.577 bits per heavy atom. The number of phenolic OH excluding ortho intramolecular Hbond substituents is 2. The average molecular weight is 793 g/mol. The van der Waals surface area contributed by atoms with Crippen LogP contribution < -0.4 is 18.1 Å². The largest absolute Gasteiger partial charge is 0.506 e. The minimum atomic E-state index is -4.00. The third-order valence-electron chi connectivity index (χ3n) is 7.73. The van der Waals surface area contributed by atoms with Gasteiger partial charge in [0, 0.05) is 12.5 Å². The summed E-state index contributed by atoms with van der Waals surface area (Å²) in [6, 6.07) is 21.7. The van der Waals surface area contributed by atoms with Crippen molar-refractivity contribution in [1.82, 2.24) is 9.44 Å². The zero-order chi connectivity index (χ0) is 38.2. The molecule has 2 aliphatic rings. The van der Waals surface area contributed by atoms with Gasteiger partial charge in [0.05, 0.1) is 21.2 Å². The third-order valence-corrected chi connectivity index (χ3v) is 12.7. The molecule has 4 aromatic carbocycles. The van der Waals surface area contributed by atoms with Gasteiger partial charge in [0.15, 0.2) is 19.7 Å². The second-order valence-electron chi connectivity index (χ2n) is 11.9. The van der Waals surface area contributed by atoms with Crippen molar-refractivity contribution < 1.29 is 53.5 Å². The summed E-state index contributed by atoms with van der Waals surface area (Å²) in [4.78, 5) is 23.0. The quantitative estimate of drug-likeness (QED) is 0.196. The Morgan fingerprint density at radius 2 is 0.923 bits per heavy atom. The monoisotopic (exact) mass is 792 g/mol. The Hall–Kier alpha value is -5.18. The van der Waals surface area contributed by atoms with E-state index in [0.717, 1.165) is 32.2 Å². The van der Waals surface area contributed by atoms with E-state index in [1.165, 1.54) is 36.4 Å². The number of benzene rings is 4. The van der Waals surface area contributed by atoms with Crippen LogP contribution in [0.3, 0.4) is 0 Å². The zero-order valence-corrected chi connectivity index (χ0v) is 30.7. The third kappa shape index (κ3) is 8.81. The van der Waals surface area contributed by atoms with Crippen molar-refractivity contribution >= 4 is 63.3 Å². The van der Waals surface area contributed by atoms with Crippen molar-refractivity contribution in [1.29, 1.82) is 0 Å². The van der Waals surface area contributed by atoms with Crippen molar-refractivity contribution in [3.63, 3.8) is 0 Å². The Kier molecular flexibility index (Phi) is 10.3. The summed E-state index contributed by atoms with van der Waals surface area (Å²) in [5.41, 5.74) is 2.77. The van der Waals surface area contributed by atoms with Crippen LogP contribution in [0.1, 0.15) is 22.3 Å². The molecule has 4 aromatic rings. The van der Waals surface area contributed by atoms with E-state index in [1.54, 1.807) is 48.5 Å². The van der Waals surface area contributed by atoms with Gasteiger partial charge in [0.2, 0.25) is 0 Å². The molecule has 2 saturated heterocycles. The molecule has 4 N–H and O–H groups in total. The maximum Gasteiger partial charge on any atom is 0.326 e. The lowest BCUT2D eigenvalue weighted by Gasteiger charge is -2.16. The first kappa shape index (κ1) is 38.1. The first-order chi connectivity index (χ1) is 24.1. The molecule has 0 aliphatic carbocycles. The maximum absolute atomic E-state index is 11.9. The average Bonchev–Trinajstić information content (AvgIpc) is 3.47. The van der Waals surface area contributed by atoms with Gasteiger partial charge >= 0.3 is 20.4 Å². The molecule has 6 rings (SSSR count). The topological polar surface area (TPSA) is 242 Å². The summed E-state index contributed by atoms with van der Waals surface area (Å²) in [5, 5.41) is 20.4. The summed E-state index contributed by atoms with van der Waals surface area (Å²) in [5.74, 6) is -1.93. The molecule has 2 amide bonds. The van der Waals surface area contributed by atoms with Crippen molar-refractivity contribution in [2.24, 2.45) is 0 Å². The molecule has 0 saturated carbocycles. The molecule has 52 heavy (non-hydrogen) atoms. The predicted molar refractivity (Wildman–Crippen MR) is 190 cm³/mol. The number of anilines is 2. The lowest BCUT2D eigenvalue weighted by atomic mass is 10.0. The van der Waals surface area contributed by atoms with E-state index >= 15 is 0 Å². The molecular weight excluding hydrogens is 761 g/mol. The minimum absolute atomic E-state index is 0.00279. The van der Waals surface area contributed by atoms with Gasteiger partial charge in [-0.25, -0.2) is 34.9 Å². The van der Waals surface area contributed by atoms with E-state index in [9.17, 15) is 53.5 Å². The molecule has 0 radical (unpaired) electrons. The van der Waals surface area contributed by atoms with Crippen LogP contribution in [0.5, 0.6) is 11.5 Å². The van der Waals surface area contributed by atoms with E-state index in [4.69, 9.17) is 0 Å². The molecule has 0 atom stereocenters. The van der Waals surface area contributed by atoms with Crippen LogP contribution in [-0.4, -0.2) is 81.3 Å². The molecule has 16 nitrogen and oxygen atoms in total. The predicted octanol–water partition coefficient (Wildman–Crippen LogP) is 1.14. The van der Waals surface area contributed by atoms with Crippen LogP contribution >= 0.6 is 0 Å². The van der Waals surface area contributed by atoms with Gasteiger partial charge < -0.3 is 10.2 Å². The van der Waals surface area contributed by atoms with Gasteiger partial charge in [0.25, 0.3) is 11.8 Å². The molecule has 2 heterocycles. The molecule has 2 aliphatic heterocycles. The van der Waals surface area contributed by atoms with Gasteiger partial charge in [-0.05, 0) is 83.6 Å². The van der Waals surface area contributed by atoms with E-state index in [1.807, 2.05) is 9.44 Å². The second-order valence-corrected chi connectivity index (χ2v) is 19.1. The van der Waals surface area contributed by atoms with Crippen molar-refractivity contribution in [2.75, 3.05) is 34.2 Å². The Labute approximate surface area is 300 Å². The Balaban J connectivity index is 0.000000201. The van der Waals surface area contributed by atoms with E-state index in [0.29, 0.717) is 24.0 Å². The normalized spacial score (nSPS) is 16.5. The smallest absolute Gasteiger partial charge is 0.326 e. The summed E-state index contributed by atoms with van der Waals surface area (Å²) < 4.78 is 99.2. The van der Waals surface area contributed by atoms with E-state index in [-0.39, 0.29) is 32.7 Å². The number of sulfone groups is 2. The lowest BCUT2D eigenvalue weighted by Crippen LogP contribution is -2.29. The Morgan fingerprint density at radius 3 is 1.21 bits per heavy atom. The summed E-state index contributed by atoms with van der Waals surface area (Å²) in [6.07, 6.45) is 2.94. The molecule has 0 aromatic heterocycles. The number of hydrogen-bond donors (Lipinski definition) is 4.